The molecule has 5 rings (SSSR count). The van der Waals surface area contributed by atoms with Gasteiger partial charge in [0.05, 0.1) is 31.1 Å². The third kappa shape index (κ3) is 9.53. The van der Waals surface area contributed by atoms with Crippen LogP contribution in [0.4, 0.5) is 8.78 Å². The minimum absolute atomic E-state index is 0.0128. The Morgan fingerprint density at radius 3 is 2.67 bits per heavy atom. The van der Waals surface area contributed by atoms with Gasteiger partial charge in [0.1, 0.15) is 6.10 Å². The summed E-state index contributed by atoms with van der Waals surface area (Å²) in [6.07, 6.45) is 16.5. The summed E-state index contributed by atoms with van der Waals surface area (Å²) in [5, 5.41) is 0. The Morgan fingerprint density at radius 1 is 1.14 bits per heavy atom. The molecular formula is C40H50F2N2O5. The highest BCUT2D eigenvalue weighted by Gasteiger charge is 2.34. The molecule has 7 nitrogen and oxygen atoms in total. The predicted molar refractivity (Wildman–Crippen MR) is 188 cm³/mol. The monoisotopic (exact) mass is 676 g/mol. The van der Waals surface area contributed by atoms with Gasteiger partial charge in [-0.15, -0.1) is 0 Å². The molecule has 1 unspecified atom stereocenters. The molecule has 0 N–H and O–H groups in total. The van der Waals surface area contributed by atoms with Crippen molar-refractivity contribution in [2.75, 3.05) is 40.0 Å². The first kappa shape index (κ1) is 36.6. The van der Waals surface area contributed by atoms with Gasteiger partial charge in [0, 0.05) is 54.4 Å². The molecule has 1 aliphatic carbocycles. The Hall–Kier alpha value is -3.66. The summed E-state index contributed by atoms with van der Waals surface area (Å²) in [6.45, 7) is 7.87. The van der Waals surface area contributed by atoms with Crippen LogP contribution < -0.4 is 0 Å². The lowest BCUT2D eigenvalue weighted by atomic mass is 9.86. The molecule has 3 heterocycles. The number of allylic oxidation sites excluding steroid dienone is 3. The van der Waals surface area contributed by atoms with E-state index in [1.807, 2.05) is 25.3 Å². The second kappa shape index (κ2) is 17.3. The molecule has 0 spiro atoms. The third-order valence-electron chi connectivity index (χ3n) is 9.85. The van der Waals surface area contributed by atoms with E-state index in [1.54, 1.807) is 7.11 Å². The zero-order chi connectivity index (χ0) is 34.8. The van der Waals surface area contributed by atoms with Crippen LogP contribution in [-0.4, -0.2) is 68.6 Å². The highest BCUT2D eigenvalue weighted by molar-refractivity contribution is 5.88. The van der Waals surface area contributed by atoms with Crippen molar-refractivity contribution in [3.63, 3.8) is 0 Å². The Kier molecular flexibility index (Phi) is 12.9. The Bertz CT molecular complexity index is 1530. The molecule has 2 atom stereocenters. The highest BCUT2D eigenvalue weighted by atomic mass is 19.3. The van der Waals surface area contributed by atoms with E-state index < -0.39 is 12.2 Å². The van der Waals surface area contributed by atoms with Crippen molar-refractivity contribution in [1.29, 1.82) is 0 Å². The summed E-state index contributed by atoms with van der Waals surface area (Å²) in [5.74, 6) is -0.286. The lowest BCUT2D eigenvalue weighted by Crippen LogP contribution is -2.38. The first-order valence-corrected chi connectivity index (χ1v) is 17.5. The Labute approximate surface area is 289 Å². The molecule has 2 aliphatic heterocycles. The van der Waals surface area contributed by atoms with Gasteiger partial charge in [-0.25, -0.2) is 4.79 Å². The van der Waals surface area contributed by atoms with Crippen LogP contribution in [0.3, 0.4) is 0 Å². The van der Waals surface area contributed by atoms with Crippen molar-refractivity contribution in [2.45, 2.75) is 83.5 Å². The molecule has 264 valence electrons. The van der Waals surface area contributed by atoms with Crippen LogP contribution in [0.15, 0.2) is 78.6 Å². The van der Waals surface area contributed by atoms with Crippen molar-refractivity contribution >= 4 is 11.7 Å². The topological polar surface area (TPSA) is 70.1 Å². The second-order valence-electron chi connectivity index (χ2n) is 13.4. The zero-order valence-electron chi connectivity index (χ0n) is 29.1. The number of methoxy groups -OCH3 is 1. The number of hydrogen-bond donors (Lipinski definition) is 0. The average molecular weight is 677 g/mol. The van der Waals surface area contributed by atoms with E-state index in [2.05, 4.69) is 65.6 Å². The quantitative estimate of drug-likeness (QED) is 0.0966. The second-order valence-corrected chi connectivity index (χ2v) is 13.4. The smallest absolute Gasteiger partial charge is 0.345 e. The molecule has 3 aliphatic rings. The van der Waals surface area contributed by atoms with Crippen LogP contribution in [0.2, 0.25) is 0 Å². The molecule has 1 aromatic heterocycles. The summed E-state index contributed by atoms with van der Waals surface area (Å²) < 4.78 is 46.4. The van der Waals surface area contributed by atoms with Crippen molar-refractivity contribution in [3.05, 3.63) is 95.2 Å². The van der Waals surface area contributed by atoms with Crippen LogP contribution in [0.25, 0.3) is 17.0 Å². The van der Waals surface area contributed by atoms with Gasteiger partial charge in [0.15, 0.2) is 0 Å². The van der Waals surface area contributed by atoms with Crippen LogP contribution in [0.1, 0.15) is 75.0 Å². The Balaban J connectivity index is 1.29. The van der Waals surface area contributed by atoms with Crippen molar-refractivity contribution in [2.24, 2.45) is 5.92 Å². The maximum Gasteiger partial charge on any atom is 0.345 e. The van der Waals surface area contributed by atoms with Gasteiger partial charge >= 0.3 is 12.6 Å². The van der Waals surface area contributed by atoms with Gasteiger partial charge in [0.2, 0.25) is 0 Å². The van der Waals surface area contributed by atoms with Crippen LogP contribution >= 0.6 is 0 Å². The molecule has 1 saturated carbocycles. The number of halogens is 2. The van der Waals surface area contributed by atoms with Crippen LogP contribution in [0, 0.1) is 12.8 Å². The third-order valence-corrected chi connectivity index (χ3v) is 9.85. The summed E-state index contributed by atoms with van der Waals surface area (Å²) in [5.41, 5.74) is 7.92. The largest absolute Gasteiger partial charge is 0.454 e. The molecule has 0 amide bonds. The summed E-state index contributed by atoms with van der Waals surface area (Å²) >= 11 is 0. The number of pyridine rings is 1. The fourth-order valence-corrected chi connectivity index (χ4v) is 7.04. The fourth-order valence-electron chi connectivity index (χ4n) is 7.04. The van der Waals surface area contributed by atoms with Gasteiger partial charge in [-0.05, 0) is 88.0 Å². The van der Waals surface area contributed by atoms with Crippen LogP contribution in [0.5, 0.6) is 0 Å². The lowest BCUT2D eigenvalue weighted by molar-refractivity contribution is -0.167. The zero-order valence-corrected chi connectivity index (χ0v) is 29.1. The van der Waals surface area contributed by atoms with Gasteiger partial charge in [-0.2, -0.15) is 8.78 Å². The maximum atomic E-state index is 12.6. The van der Waals surface area contributed by atoms with E-state index in [9.17, 15) is 13.6 Å². The van der Waals surface area contributed by atoms with Gasteiger partial charge < -0.3 is 23.8 Å². The van der Waals surface area contributed by atoms with Gasteiger partial charge in [-0.1, -0.05) is 55.5 Å². The summed E-state index contributed by atoms with van der Waals surface area (Å²) in [6, 6.07) is 10.7. The summed E-state index contributed by atoms with van der Waals surface area (Å²) in [4.78, 5) is 20.0. The molecule has 0 bridgehead atoms. The summed E-state index contributed by atoms with van der Waals surface area (Å²) in [7, 11) is 1.76. The molecule has 2 fully saturated rings. The minimum Gasteiger partial charge on any atom is -0.454 e. The number of hydrogen-bond acceptors (Lipinski definition) is 7. The number of aryl methyl sites for hydroxylation is 1. The molecule has 1 aromatic carbocycles. The maximum absolute atomic E-state index is 12.6. The number of rotatable bonds is 12. The molecule has 2 aromatic rings. The normalized spacial score (nSPS) is 23.6. The molecule has 1 saturated heterocycles. The van der Waals surface area contributed by atoms with E-state index in [4.69, 9.17) is 19.2 Å². The average Bonchev–Trinajstić information content (AvgIpc) is 3.28. The highest BCUT2D eigenvalue weighted by Crippen LogP contribution is 2.41. The number of aromatic nitrogens is 1. The van der Waals surface area contributed by atoms with E-state index in [0.717, 1.165) is 97.3 Å². The number of carbonyl (C=O) groups excluding carboxylic acids is 1. The van der Waals surface area contributed by atoms with Crippen molar-refractivity contribution in [3.8, 4) is 11.3 Å². The van der Waals surface area contributed by atoms with Crippen molar-refractivity contribution < 1.29 is 32.5 Å². The fraction of sp³-hybridized carbons (Fsp3) is 0.500. The molecule has 9 heteroatoms. The molecule has 0 radical (unpaired) electrons. The van der Waals surface area contributed by atoms with Crippen molar-refractivity contribution in [1.82, 2.24) is 9.88 Å². The number of alkyl halides is 2. The van der Waals surface area contributed by atoms with Crippen LogP contribution in [-0.2, 0) is 29.3 Å². The number of nitrogens with zero attached hydrogens (tertiary/aromatic N) is 2. The first-order chi connectivity index (χ1) is 23.7. The molecule has 49 heavy (non-hydrogen) atoms. The van der Waals surface area contributed by atoms with E-state index in [-0.39, 0.29) is 24.6 Å². The Morgan fingerprint density at radius 2 is 1.98 bits per heavy atom. The standard InChI is InChI=1S/C40H50F2N2O5/c1-5-9-37(44-20-7-11-31(12-8-21-44)38(45)49-34-26-47-27-34)35-23-32(14-13-29(35)3)36-16-15-33(24-43-36)40(46-4)18-6-10-30(17-19-40)22-28(2)25-48-39(41)42/h5,9,11,13-16,22-24,28,34,39H,1,6-8,10,12,17-21,25-27H2,2-4H3/b30-22-,31-11-,37-9+/t28-,40?/m1/s1. The van der Waals surface area contributed by atoms with Gasteiger partial charge in [0.25, 0.3) is 0 Å². The van der Waals surface area contributed by atoms with Gasteiger partial charge in [-0.3, -0.25) is 4.98 Å². The van der Waals surface area contributed by atoms with E-state index in [0.29, 0.717) is 19.6 Å². The molecular weight excluding hydrogens is 626 g/mol. The number of benzene rings is 1. The lowest BCUT2D eigenvalue weighted by Gasteiger charge is -2.32. The number of ether oxygens (including phenoxy) is 4. The number of carbonyl (C=O) groups is 1. The van der Waals surface area contributed by atoms with E-state index >= 15 is 0 Å². The van der Waals surface area contributed by atoms with E-state index in [1.165, 1.54) is 5.57 Å². The number of esters is 1. The minimum atomic E-state index is -2.74. The SMILES string of the molecule is C=C/C=C(\c1cc(-c2ccc(C3(OC)CCC/C(=C/[C@@H](C)COC(F)F)CC3)cn2)ccc1C)N1CC/C=C(\C(=O)OC2COC2)CCC1. The predicted octanol–water partition coefficient (Wildman–Crippen LogP) is 8.55. The first-order valence-electron chi connectivity index (χ1n) is 17.5.